The van der Waals surface area contributed by atoms with Crippen molar-refractivity contribution in [2.75, 3.05) is 44.7 Å². The van der Waals surface area contributed by atoms with Crippen LogP contribution in [0.3, 0.4) is 0 Å². The molecule has 3 aliphatic heterocycles. The Morgan fingerprint density at radius 1 is 1.11 bits per heavy atom. The second kappa shape index (κ2) is 11.2. The van der Waals surface area contributed by atoms with Crippen molar-refractivity contribution in [3.63, 3.8) is 0 Å². The van der Waals surface area contributed by atoms with Crippen LogP contribution in [0.1, 0.15) is 39.2 Å². The van der Waals surface area contributed by atoms with E-state index in [1.807, 2.05) is 43.9 Å². The normalized spacial score (nSPS) is 22.4. The topological polar surface area (TPSA) is 103 Å². The molecule has 2 atom stereocenters. The van der Waals surface area contributed by atoms with Crippen molar-refractivity contribution in [2.45, 2.75) is 58.0 Å². The number of carbonyl (C=O) groups excluding carboxylic acids is 3. The van der Waals surface area contributed by atoms with Gasteiger partial charge in [-0.2, -0.15) is 0 Å². The Kier molecular flexibility index (Phi) is 8.34. The van der Waals surface area contributed by atoms with Crippen LogP contribution < -0.4 is 9.64 Å². The van der Waals surface area contributed by atoms with Crippen LogP contribution in [0.4, 0.5) is 10.5 Å². The van der Waals surface area contributed by atoms with E-state index in [1.54, 1.807) is 12.0 Å². The van der Waals surface area contributed by atoms with E-state index >= 15 is 0 Å². The highest BCUT2D eigenvalue weighted by Crippen LogP contribution is 2.34. The van der Waals surface area contributed by atoms with Crippen LogP contribution >= 0.6 is 23.2 Å². The molecule has 3 heterocycles. The van der Waals surface area contributed by atoms with Gasteiger partial charge in [0.25, 0.3) is 5.91 Å². The lowest BCUT2D eigenvalue weighted by molar-refractivity contribution is -0.136. The number of methoxy groups -OCH3 is 1. The summed E-state index contributed by atoms with van der Waals surface area (Å²) in [5, 5.41) is 9.96. The van der Waals surface area contributed by atoms with Crippen LogP contribution in [0.5, 0.6) is 5.75 Å². The number of piperazine rings is 1. The molecule has 0 spiro atoms. The fraction of sp³-hybridized carbons (Fsp3) is 0.577. The number of amides is 3. The zero-order valence-corrected chi connectivity index (χ0v) is 23.6. The summed E-state index contributed by atoms with van der Waals surface area (Å²) in [6, 6.07) is 5.07. The van der Waals surface area contributed by atoms with E-state index in [-0.39, 0.29) is 22.5 Å². The van der Waals surface area contributed by atoms with Crippen LogP contribution in [-0.4, -0.2) is 95.4 Å². The third-order valence-electron chi connectivity index (χ3n) is 6.88. The number of hydrogen-bond acceptors (Lipinski definition) is 7. The average Bonchev–Trinajstić information content (AvgIpc) is 3.44. The van der Waals surface area contributed by atoms with Crippen LogP contribution in [0, 0.1) is 0 Å². The summed E-state index contributed by atoms with van der Waals surface area (Å²) < 4.78 is 11.1. The standard InChI is InChI=1S/C26H34Cl2N4O6/c1-26(2,3)38-25(36)31-9-5-6-18(31)22(33)30-12-10-29(11-13-30)17-8-7-16(14-19(17)37-4)15-32-23(34)20(27)21(28)24(32)35/h7-8,14,18,23,34H,5-6,9-13,15H2,1-4H3/t18-,23?/m1/s1. The van der Waals surface area contributed by atoms with Gasteiger partial charge >= 0.3 is 6.09 Å². The SMILES string of the molecule is COc1cc(CN2C(=O)C(Cl)=C(Cl)C2O)ccc1N1CCN(C(=O)[C@H]2CCCN2C(=O)OC(C)(C)C)CC1. The van der Waals surface area contributed by atoms with Gasteiger partial charge in [-0.1, -0.05) is 29.3 Å². The van der Waals surface area contributed by atoms with Gasteiger partial charge < -0.3 is 29.3 Å². The summed E-state index contributed by atoms with van der Waals surface area (Å²) >= 11 is 11.8. The molecule has 38 heavy (non-hydrogen) atoms. The number of rotatable bonds is 5. The Morgan fingerprint density at radius 3 is 2.37 bits per heavy atom. The summed E-state index contributed by atoms with van der Waals surface area (Å²) in [6.45, 7) is 8.29. The predicted molar refractivity (Wildman–Crippen MR) is 143 cm³/mol. The highest BCUT2D eigenvalue weighted by Gasteiger charge is 2.40. The van der Waals surface area contributed by atoms with E-state index in [2.05, 4.69) is 4.90 Å². The van der Waals surface area contributed by atoms with E-state index in [9.17, 15) is 19.5 Å². The monoisotopic (exact) mass is 568 g/mol. The maximum absolute atomic E-state index is 13.3. The lowest BCUT2D eigenvalue weighted by Gasteiger charge is -2.39. The third kappa shape index (κ3) is 5.82. The summed E-state index contributed by atoms with van der Waals surface area (Å²) in [5.74, 6) is 0.0380. The molecular weight excluding hydrogens is 535 g/mol. The van der Waals surface area contributed by atoms with Crippen molar-refractivity contribution < 1.29 is 29.0 Å². The molecule has 1 unspecified atom stereocenters. The van der Waals surface area contributed by atoms with Crippen molar-refractivity contribution in [3.05, 3.63) is 33.8 Å². The van der Waals surface area contributed by atoms with Gasteiger partial charge in [0.1, 0.15) is 22.4 Å². The first-order valence-electron chi connectivity index (χ1n) is 12.7. The van der Waals surface area contributed by atoms with Gasteiger partial charge in [-0.3, -0.25) is 14.5 Å². The molecule has 0 radical (unpaired) electrons. The number of carbonyl (C=O) groups is 3. The zero-order chi connectivity index (χ0) is 27.8. The Morgan fingerprint density at radius 2 is 1.79 bits per heavy atom. The van der Waals surface area contributed by atoms with Gasteiger partial charge in [0, 0.05) is 39.3 Å². The largest absolute Gasteiger partial charge is 0.495 e. The second-order valence-corrected chi connectivity index (χ2v) is 11.4. The predicted octanol–water partition coefficient (Wildman–Crippen LogP) is 3.09. The molecule has 2 fully saturated rings. The number of nitrogens with zero attached hydrogens (tertiary/aromatic N) is 4. The number of hydrogen-bond donors (Lipinski definition) is 1. The van der Waals surface area contributed by atoms with Gasteiger partial charge in [-0.15, -0.1) is 0 Å². The Hall–Kier alpha value is -2.69. The first-order chi connectivity index (χ1) is 17.9. The quantitative estimate of drug-likeness (QED) is 0.582. The molecule has 0 saturated carbocycles. The Balaban J connectivity index is 1.38. The van der Waals surface area contributed by atoms with Crippen LogP contribution in [-0.2, 0) is 20.9 Å². The number of anilines is 1. The Bertz CT molecular complexity index is 1130. The molecule has 0 aromatic heterocycles. The Labute approximate surface area is 232 Å². The van der Waals surface area contributed by atoms with E-state index in [0.717, 1.165) is 17.7 Å². The molecule has 1 aromatic rings. The molecule has 2 saturated heterocycles. The number of likely N-dealkylation sites (tertiary alicyclic amines) is 1. The second-order valence-electron chi connectivity index (χ2n) is 10.6. The zero-order valence-electron chi connectivity index (χ0n) is 22.1. The molecule has 0 aliphatic carbocycles. The number of aliphatic hydroxyl groups excluding tert-OH is 1. The van der Waals surface area contributed by atoms with Crippen molar-refractivity contribution in [2.24, 2.45) is 0 Å². The van der Waals surface area contributed by atoms with E-state index in [4.69, 9.17) is 32.7 Å². The van der Waals surface area contributed by atoms with E-state index in [1.165, 1.54) is 4.90 Å². The van der Waals surface area contributed by atoms with Gasteiger partial charge in [0.2, 0.25) is 5.91 Å². The van der Waals surface area contributed by atoms with Gasteiger partial charge in [0.15, 0.2) is 6.23 Å². The molecular formula is C26H34Cl2N4O6. The highest BCUT2D eigenvalue weighted by molar-refractivity contribution is 6.49. The highest BCUT2D eigenvalue weighted by atomic mass is 35.5. The first-order valence-corrected chi connectivity index (χ1v) is 13.4. The molecule has 4 rings (SSSR count). The minimum Gasteiger partial charge on any atom is -0.495 e. The summed E-state index contributed by atoms with van der Waals surface area (Å²) in [7, 11) is 1.57. The number of aliphatic hydroxyl groups is 1. The van der Waals surface area contributed by atoms with Crippen molar-refractivity contribution in [1.82, 2.24) is 14.7 Å². The lowest BCUT2D eigenvalue weighted by Crippen LogP contribution is -2.55. The molecule has 1 N–H and O–H groups in total. The van der Waals surface area contributed by atoms with Gasteiger partial charge in [-0.05, 0) is 51.3 Å². The maximum Gasteiger partial charge on any atom is 0.410 e. The summed E-state index contributed by atoms with van der Waals surface area (Å²) in [6.07, 6.45) is -0.319. The molecule has 3 amide bonds. The molecule has 0 bridgehead atoms. The van der Waals surface area contributed by atoms with Crippen molar-refractivity contribution in [1.29, 1.82) is 0 Å². The minimum absolute atomic E-state index is 0.0462. The van der Waals surface area contributed by atoms with Gasteiger partial charge in [-0.25, -0.2) is 4.79 Å². The van der Waals surface area contributed by atoms with Crippen LogP contribution in [0.15, 0.2) is 28.3 Å². The third-order valence-corrected chi connectivity index (χ3v) is 7.72. The fourth-order valence-corrected chi connectivity index (χ4v) is 5.37. The van der Waals surface area contributed by atoms with E-state index < -0.39 is 29.9 Å². The molecule has 208 valence electrons. The maximum atomic E-state index is 13.3. The van der Waals surface area contributed by atoms with Crippen molar-refractivity contribution in [3.8, 4) is 5.75 Å². The summed E-state index contributed by atoms with van der Waals surface area (Å²) in [5.41, 5.74) is 0.988. The number of benzene rings is 1. The molecule has 10 nitrogen and oxygen atoms in total. The smallest absolute Gasteiger partial charge is 0.410 e. The minimum atomic E-state index is -1.28. The van der Waals surface area contributed by atoms with Gasteiger partial charge in [0.05, 0.1) is 17.8 Å². The molecule has 1 aromatic carbocycles. The summed E-state index contributed by atoms with van der Waals surface area (Å²) in [4.78, 5) is 44.9. The molecule has 3 aliphatic rings. The molecule has 12 heteroatoms. The fourth-order valence-electron chi connectivity index (χ4n) is 4.97. The number of halogens is 2. The van der Waals surface area contributed by atoms with Crippen molar-refractivity contribution >= 4 is 46.8 Å². The van der Waals surface area contributed by atoms with Crippen LogP contribution in [0.25, 0.3) is 0 Å². The lowest BCUT2D eigenvalue weighted by atomic mass is 10.1. The van der Waals surface area contributed by atoms with Crippen LogP contribution in [0.2, 0.25) is 0 Å². The first kappa shape index (κ1) is 28.3. The van der Waals surface area contributed by atoms with E-state index in [0.29, 0.717) is 44.9 Å². The average molecular weight is 569 g/mol. The number of ether oxygens (including phenoxy) is 2.